The Morgan fingerprint density at radius 2 is 0.758 bits per heavy atom. The highest BCUT2D eigenvalue weighted by molar-refractivity contribution is 5.76. The zero-order valence-corrected chi connectivity index (χ0v) is 43.9. The predicted molar refractivity (Wildman–Crippen MR) is 287 cm³/mol. The number of allylic oxidation sites excluding steroid dienone is 7. The van der Waals surface area contributed by atoms with Gasteiger partial charge in [0.2, 0.25) is 5.91 Å². The number of esters is 1. The number of unbranched alkanes of at least 4 members (excludes halogenated alkanes) is 36. The van der Waals surface area contributed by atoms with Gasteiger partial charge in [-0.1, -0.05) is 242 Å². The van der Waals surface area contributed by atoms with E-state index < -0.39 is 12.1 Å². The van der Waals surface area contributed by atoms with Gasteiger partial charge in [0.15, 0.2) is 0 Å². The van der Waals surface area contributed by atoms with Crippen LogP contribution in [0.3, 0.4) is 0 Å². The van der Waals surface area contributed by atoms with Gasteiger partial charge in [-0.3, -0.25) is 9.59 Å². The fourth-order valence-corrected chi connectivity index (χ4v) is 8.60. The van der Waals surface area contributed by atoms with Crippen molar-refractivity contribution in [1.82, 2.24) is 5.32 Å². The van der Waals surface area contributed by atoms with Crippen LogP contribution in [0.2, 0.25) is 0 Å². The van der Waals surface area contributed by atoms with Crippen LogP contribution >= 0.6 is 0 Å². The van der Waals surface area contributed by atoms with Crippen molar-refractivity contribution in [2.75, 3.05) is 13.2 Å². The van der Waals surface area contributed by atoms with Crippen LogP contribution in [0.1, 0.15) is 296 Å². The smallest absolute Gasteiger partial charge is 0.305 e. The van der Waals surface area contributed by atoms with Gasteiger partial charge in [0, 0.05) is 12.8 Å². The van der Waals surface area contributed by atoms with Gasteiger partial charge in [-0.05, 0) is 89.9 Å². The molecule has 0 aromatic heterocycles. The van der Waals surface area contributed by atoms with Gasteiger partial charge in [-0.15, -0.1) is 0 Å². The molecule has 0 aliphatic carbocycles. The maximum Gasteiger partial charge on any atom is 0.305 e. The Balaban J connectivity index is 3.54. The Labute approximate surface area is 410 Å². The lowest BCUT2D eigenvalue weighted by molar-refractivity contribution is -0.143. The molecule has 0 fully saturated rings. The van der Waals surface area contributed by atoms with Crippen molar-refractivity contribution in [2.24, 2.45) is 0 Å². The molecule has 0 spiro atoms. The van der Waals surface area contributed by atoms with Crippen LogP contribution in [-0.4, -0.2) is 47.4 Å². The van der Waals surface area contributed by atoms with Crippen molar-refractivity contribution in [3.63, 3.8) is 0 Å². The third-order valence-corrected chi connectivity index (χ3v) is 13.1. The molecule has 0 aliphatic rings. The van der Waals surface area contributed by atoms with Crippen LogP contribution in [0, 0.1) is 0 Å². The Kier molecular flexibility index (Phi) is 53.6. The molecule has 66 heavy (non-hydrogen) atoms. The largest absolute Gasteiger partial charge is 0.466 e. The molecule has 0 heterocycles. The second kappa shape index (κ2) is 55.4. The van der Waals surface area contributed by atoms with Crippen LogP contribution < -0.4 is 5.32 Å². The Hall–Kier alpha value is -2.18. The molecular weight excluding hydrogens is 815 g/mol. The van der Waals surface area contributed by atoms with Crippen molar-refractivity contribution in [2.45, 2.75) is 309 Å². The number of carbonyl (C=O) groups is 2. The molecule has 0 saturated heterocycles. The van der Waals surface area contributed by atoms with Gasteiger partial charge >= 0.3 is 5.97 Å². The average Bonchev–Trinajstić information content (AvgIpc) is 3.32. The number of ether oxygens (including phenoxy) is 1. The second-order valence-corrected chi connectivity index (χ2v) is 19.6. The van der Waals surface area contributed by atoms with Crippen LogP contribution in [0.15, 0.2) is 48.6 Å². The number of rotatable bonds is 53. The van der Waals surface area contributed by atoms with Gasteiger partial charge < -0.3 is 20.3 Å². The molecule has 2 atom stereocenters. The van der Waals surface area contributed by atoms with E-state index in [1.165, 1.54) is 186 Å². The van der Waals surface area contributed by atoms with E-state index in [9.17, 15) is 19.8 Å². The molecular formula is C60H111NO5. The zero-order chi connectivity index (χ0) is 47.9. The molecule has 6 heteroatoms. The molecule has 386 valence electrons. The molecule has 0 aromatic carbocycles. The molecule has 6 nitrogen and oxygen atoms in total. The van der Waals surface area contributed by atoms with Gasteiger partial charge in [0.25, 0.3) is 0 Å². The molecule has 3 N–H and O–H groups in total. The van der Waals surface area contributed by atoms with Crippen molar-refractivity contribution < 1.29 is 24.5 Å². The second-order valence-electron chi connectivity index (χ2n) is 19.6. The van der Waals surface area contributed by atoms with Crippen LogP contribution in [0.5, 0.6) is 0 Å². The first kappa shape index (κ1) is 63.8. The van der Waals surface area contributed by atoms with E-state index in [4.69, 9.17) is 4.74 Å². The van der Waals surface area contributed by atoms with Gasteiger partial charge in [-0.2, -0.15) is 0 Å². The summed E-state index contributed by atoms with van der Waals surface area (Å²) in [6.07, 6.45) is 69.8. The Morgan fingerprint density at radius 1 is 0.424 bits per heavy atom. The molecule has 0 saturated carbocycles. The van der Waals surface area contributed by atoms with E-state index in [2.05, 4.69) is 55.6 Å². The number of hydrogen-bond donors (Lipinski definition) is 3. The highest BCUT2D eigenvalue weighted by Crippen LogP contribution is 2.16. The third kappa shape index (κ3) is 51.2. The van der Waals surface area contributed by atoms with Crippen LogP contribution in [0.4, 0.5) is 0 Å². The molecule has 0 rings (SSSR count). The van der Waals surface area contributed by atoms with Crippen LogP contribution in [0.25, 0.3) is 0 Å². The first-order chi connectivity index (χ1) is 32.5. The zero-order valence-electron chi connectivity index (χ0n) is 43.9. The summed E-state index contributed by atoms with van der Waals surface area (Å²) < 4.78 is 5.45. The number of nitrogens with one attached hydrogen (secondary N) is 1. The minimum Gasteiger partial charge on any atom is -0.466 e. The Bertz CT molecular complexity index is 1110. The summed E-state index contributed by atoms with van der Waals surface area (Å²) in [6, 6.07) is -0.651. The van der Waals surface area contributed by atoms with E-state index in [1.807, 2.05) is 6.08 Å². The van der Waals surface area contributed by atoms with E-state index in [1.54, 1.807) is 6.08 Å². The summed E-state index contributed by atoms with van der Waals surface area (Å²) in [5, 5.41) is 23.1. The standard InChI is InChI=1S/C60H111NO5/c1-3-5-7-9-11-13-15-17-19-20-21-22-23-24-26-28-32-36-40-44-48-52-58(63)57(56-62)61-59(64)53-49-45-41-37-33-29-27-31-35-39-43-47-51-55-66-60(65)54-50-46-42-38-34-30-25-18-16-14-12-10-8-6-4-2/h12,14,18,25,29,33,48,52,57-58,62-63H,3-11,13,15-17,19-24,26-28,30-32,34-47,49-51,53-56H2,1-2H3,(H,61,64)/b14-12-,25-18-,33-29-,52-48+. The summed E-state index contributed by atoms with van der Waals surface area (Å²) in [4.78, 5) is 24.5. The first-order valence-electron chi connectivity index (χ1n) is 28.9. The average molecular weight is 927 g/mol. The highest BCUT2D eigenvalue weighted by atomic mass is 16.5. The minimum atomic E-state index is -0.864. The lowest BCUT2D eigenvalue weighted by atomic mass is 10.0. The van der Waals surface area contributed by atoms with E-state index >= 15 is 0 Å². The van der Waals surface area contributed by atoms with Crippen LogP contribution in [-0.2, 0) is 14.3 Å². The molecule has 0 radical (unpaired) electrons. The van der Waals surface area contributed by atoms with Gasteiger partial charge in [-0.25, -0.2) is 0 Å². The van der Waals surface area contributed by atoms with Crippen molar-refractivity contribution in [1.29, 1.82) is 0 Å². The molecule has 0 aromatic rings. The van der Waals surface area contributed by atoms with Gasteiger partial charge in [0.05, 0.1) is 25.4 Å². The number of carbonyl (C=O) groups excluding carboxylic acids is 2. The summed E-state index contributed by atoms with van der Waals surface area (Å²) >= 11 is 0. The monoisotopic (exact) mass is 926 g/mol. The number of aliphatic hydroxyl groups is 2. The SMILES string of the molecule is CCCCC/C=C\C/C=C\CCCCCCCC(=O)OCCCCCCCC/C=C\CCCCCC(=O)NC(CO)C(O)/C=C/CCCCCCCCCCCCCCCCCCCCC. The predicted octanol–water partition coefficient (Wildman–Crippen LogP) is 17.8. The Morgan fingerprint density at radius 3 is 1.21 bits per heavy atom. The lowest BCUT2D eigenvalue weighted by Crippen LogP contribution is -2.45. The maximum absolute atomic E-state index is 12.5. The fourth-order valence-electron chi connectivity index (χ4n) is 8.60. The molecule has 0 bridgehead atoms. The molecule has 0 aliphatic heterocycles. The summed E-state index contributed by atoms with van der Waals surface area (Å²) in [5.41, 5.74) is 0. The fraction of sp³-hybridized carbons (Fsp3) is 0.833. The molecule has 2 unspecified atom stereocenters. The topological polar surface area (TPSA) is 95.9 Å². The third-order valence-electron chi connectivity index (χ3n) is 13.1. The normalized spacial score (nSPS) is 13.0. The highest BCUT2D eigenvalue weighted by Gasteiger charge is 2.18. The number of aliphatic hydroxyl groups excluding tert-OH is 2. The molecule has 1 amide bonds. The van der Waals surface area contributed by atoms with Crippen molar-refractivity contribution >= 4 is 11.9 Å². The maximum atomic E-state index is 12.5. The summed E-state index contributed by atoms with van der Waals surface area (Å²) in [6.45, 7) is 4.83. The lowest BCUT2D eigenvalue weighted by Gasteiger charge is -2.19. The van der Waals surface area contributed by atoms with Crippen molar-refractivity contribution in [3.05, 3.63) is 48.6 Å². The summed E-state index contributed by atoms with van der Waals surface area (Å²) in [5.74, 6) is -0.126. The first-order valence-corrected chi connectivity index (χ1v) is 28.9. The van der Waals surface area contributed by atoms with Crippen molar-refractivity contribution in [3.8, 4) is 0 Å². The quantitative estimate of drug-likeness (QED) is 0.0321. The van der Waals surface area contributed by atoms with E-state index in [-0.39, 0.29) is 18.5 Å². The summed E-state index contributed by atoms with van der Waals surface area (Å²) in [7, 11) is 0. The minimum absolute atomic E-state index is 0.0282. The number of amides is 1. The number of hydrogen-bond acceptors (Lipinski definition) is 5. The van der Waals surface area contributed by atoms with E-state index in [0.717, 1.165) is 83.5 Å². The van der Waals surface area contributed by atoms with Gasteiger partial charge in [0.1, 0.15) is 0 Å². The van der Waals surface area contributed by atoms with E-state index in [0.29, 0.717) is 19.4 Å².